The van der Waals surface area contributed by atoms with Crippen molar-refractivity contribution in [2.75, 3.05) is 31.1 Å². The summed E-state index contributed by atoms with van der Waals surface area (Å²) in [6.45, 7) is 5.23. The van der Waals surface area contributed by atoms with Gasteiger partial charge in [-0.3, -0.25) is 4.90 Å². The molecule has 0 radical (unpaired) electrons. The van der Waals surface area contributed by atoms with Crippen LogP contribution in [0.3, 0.4) is 0 Å². The topological polar surface area (TPSA) is 31.6 Å². The van der Waals surface area contributed by atoms with E-state index >= 15 is 0 Å². The summed E-state index contributed by atoms with van der Waals surface area (Å²) in [5.41, 5.74) is 2.62. The highest BCUT2D eigenvalue weighted by atomic mass is 16.3. The number of piperazine rings is 1. The molecule has 1 N–H and O–H groups in total. The van der Waals surface area contributed by atoms with Crippen molar-refractivity contribution in [2.24, 2.45) is 0 Å². The van der Waals surface area contributed by atoms with Crippen molar-refractivity contribution in [3.8, 4) is 5.88 Å². The van der Waals surface area contributed by atoms with E-state index in [1.165, 1.54) is 43.4 Å². The van der Waals surface area contributed by atoms with Gasteiger partial charge in [-0.1, -0.05) is 55.7 Å². The van der Waals surface area contributed by atoms with Crippen LogP contribution in [0, 0.1) is 0 Å². The molecule has 2 fully saturated rings. The molecule has 4 nitrogen and oxygen atoms in total. The lowest BCUT2D eigenvalue weighted by molar-refractivity contribution is 0.250. The van der Waals surface area contributed by atoms with Gasteiger partial charge >= 0.3 is 0 Å². The maximum atomic E-state index is 10.9. The second kappa shape index (κ2) is 8.11. The average Bonchev–Trinajstić information content (AvgIpc) is 3.12. The minimum atomic E-state index is 0.455. The summed E-state index contributed by atoms with van der Waals surface area (Å²) in [7, 11) is 0. The Kier molecular flexibility index (Phi) is 5.19. The third kappa shape index (κ3) is 3.86. The minimum Gasteiger partial charge on any atom is -0.494 e. The van der Waals surface area contributed by atoms with Gasteiger partial charge in [-0.2, -0.15) is 0 Å². The van der Waals surface area contributed by atoms with Crippen molar-refractivity contribution in [2.45, 2.75) is 44.7 Å². The number of hydrogen-bond donors (Lipinski definition) is 1. The second-order valence-electron chi connectivity index (χ2n) is 8.67. The normalized spacial score (nSPS) is 19.1. The molecule has 4 heteroatoms. The summed E-state index contributed by atoms with van der Waals surface area (Å²) in [6, 6.07) is 17.8. The molecule has 0 atom stereocenters. The second-order valence-corrected chi connectivity index (χ2v) is 8.67. The highest BCUT2D eigenvalue weighted by Crippen LogP contribution is 2.37. The summed E-state index contributed by atoms with van der Waals surface area (Å²) >= 11 is 0. The van der Waals surface area contributed by atoms with Crippen molar-refractivity contribution in [1.82, 2.24) is 9.47 Å². The van der Waals surface area contributed by atoms with Gasteiger partial charge in [0.1, 0.15) is 0 Å². The van der Waals surface area contributed by atoms with Crippen LogP contribution in [0.1, 0.15) is 43.7 Å². The van der Waals surface area contributed by atoms with Crippen molar-refractivity contribution < 1.29 is 5.11 Å². The molecule has 1 saturated carbocycles. The molecule has 152 valence electrons. The maximum Gasteiger partial charge on any atom is 0.199 e. The molecule has 1 aromatic heterocycles. The van der Waals surface area contributed by atoms with Crippen LogP contribution >= 0.6 is 0 Å². The van der Waals surface area contributed by atoms with E-state index in [1.807, 2.05) is 0 Å². The number of aromatic hydroxyl groups is 1. The van der Waals surface area contributed by atoms with Crippen LogP contribution < -0.4 is 4.90 Å². The van der Waals surface area contributed by atoms with Gasteiger partial charge < -0.3 is 14.6 Å². The number of aromatic nitrogens is 1. The quantitative estimate of drug-likeness (QED) is 0.668. The van der Waals surface area contributed by atoms with E-state index in [0.717, 1.165) is 43.5 Å². The van der Waals surface area contributed by atoms with Gasteiger partial charge in [0.15, 0.2) is 5.88 Å². The van der Waals surface area contributed by atoms with E-state index in [9.17, 15) is 5.11 Å². The first-order valence-corrected chi connectivity index (χ1v) is 11.1. The van der Waals surface area contributed by atoms with E-state index in [1.54, 1.807) is 0 Å². The molecular formula is C25H31N3O. The van der Waals surface area contributed by atoms with Gasteiger partial charge in [0, 0.05) is 61.4 Å². The molecule has 0 unspecified atom stereocenters. The van der Waals surface area contributed by atoms with Crippen molar-refractivity contribution in [3.05, 3.63) is 60.3 Å². The van der Waals surface area contributed by atoms with Gasteiger partial charge in [0.2, 0.25) is 0 Å². The summed E-state index contributed by atoms with van der Waals surface area (Å²) in [5.74, 6) is 0.455. The Morgan fingerprint density at radius 3 is 2.38 bits per heavy atom. The van der Waals surface area contributed by atoms with Crippen LogP contribution in [-0.4, -0.2) is 40.8 Å². The monoisotopic (exact) mass is 389 g/mol. The first kappa shape index (κ1) is 18.6. The van der Waals surface area contributed by atoms with Gasteiger partial charge in [-0.15, -0.1) is 0 Å². The summed E-state index contributed by atoms with van der Waals surface area (Å²) < 4.78 is 2.13. The number of hydrogen-bond acceptors (Lipinski definition) is 3. The number of rotatable bonds is 4. The molecule has 0 spiro atoms. The third-order valence-electron chi connectivity index (χ3n) is 6.76. The first-order chi connectivity index (χ1) is 14.3. The smallest absolute Gasteiger partial charge is 0.199 e. The number of benzene rings is 2. The van der Waals surface area contributed by atoms with E-state index in [4.69, 9.17) is 0 Å². The fourth-order valence-electron chi connectivity index (χ4n) is 5.04. The summed E-state index contributed by atoms with van der Waals surface area (Å²) in [4.78, 5) is 4.99. The highest BCUT2D eigenvalue weighted by molar-refractivity contribution is 5.91. The standard InChI is InChI=1S/C25H31N3O/c29-25-24-17-23(12-11-21(24)19-28(25)22-9-5-2-6-10-22)27-15-13-26(14-16-27)18-20-7-3-1-4-8-20/h1,3-4,7-8,11-12,17,19,22,29H,2,5-6,9-10,13-16,18H2. The molecule has 2 heterocycles. The molecule has 3 aromatic rings. The minimum absolute atomic E-state index is 0.455. The molecule has 1 aliphatic heterocycles. The molecule has 0 amide bonds. The highest BCUT2D eigenvalue weighted by Gasteiger charge is 2.21. The van der Waals surface area contributed by atoms with E-state index in [-0.39, 0.29) is 0 Å². The number of anilines is 1. The lowest BCUT2D eigenvalue weighted by Gasteiger charge is -2.36. The van der Waals surface area contributed by atoms with E-state index in [2.05, 4.69) is 69.1 Å². The first-order valence-electron chi connectivity index (χ1n) is 11.1. The van der Waals surface area contributed by atoms with Crippen LogP contribution in [-0.2, 0) is 6.54 Å². The summed E-state index contributed by atoms with van der Waals surface area (Å²) in [6.07, 6.45) is 8.41. The van der Waals surface area contributed by atoms with Crippen LogP contribution in [0.15, 0.2) is 54.7 Å². The molecular weight excluding hydrogens is 358 g/mol. The SMILES string of the molecule is Oc1c2cc(N3CCN(Cc4ccccc4)CC3)ccc2cn1C1CCCCC1. The van der Waals surface area contributed by atoms with Crippen LogP contribution in [0.25, 0.3) is 10.8 Å². The maximum absolute atomic E-state index is 10.9. The Morgan fingerprint density at radius 1 is 0.862 bits per heavy atom. The summed E-state index contributed by atoms with van der Waals surface area (Å²) in [5, 5.41) is 13.1. The Hall–Kier alpha value is -2.46. The Bertz CT molecular complexity index is 951. The predicted molar refractivity (Wildman–Crippen MR) is 120 cm³/mol. The van der Waals surface area contributed by atoms with Gasteiger partial charge in [0.05, 0.1) is 0 Å². The predicted octanol–water partition coefficient (Wildman–Crippen LogP) is 5.17. The van der Waals surface area contributed by atoms with Crippen molar-refractivity contribution >= 4 is 16.5 Å². The molecule has 29 heavy (non-hydrogen) atoms. The molecule has 2 aromatic carbocycles. The largest absolute Gasteiger partial charge is 0.494 e. The van der Waals surface area contributed by atoms with Crippen molar-refractivity contribution in [3.63, 3.8) is 0 Å². The van der Waals surface area contributed by atoms with Gasteiger partial charge in [-0.25, -0.2) is 0 Å². The van der Waals surface area contributed by atoms with Gasteiger partial charge in [0.25, 0.3) is 0 Å². The van der Waals surface area contributed by atoms with Crippen molar-refractivity contribution in [1.29, 1.82) is 0 Å². The lowest BCUT2D eigenvalue weighted by atomic mass is 9.95. The van der Waals surface area contributed by atoms with E-state index in [0.29, 0.717) is 11.9 Å². The zero-order valence-corrected chi connectivity index (χ0v) is 17.1. The zero-order chi connectivity index (χ0) is 19.6. The zero-order valence-electron chi connectivity index (χ0n) is 17.1. The number of nitrogens with zero attached hydrogens (tertiary/aromatic N) is 3. The molecule has 0 bridgehead atoms. The van der Waals surface area contributed by atoms with Crippen LogP contribution in [0.4, 0.5) is 5.69 Å². The molecule has 2 aliphatic rings. The Morgan fingerprint density at radius 2 is 1.62 bits per heavy atom. The fraction of sp³-hybridized carbons (Fsp3) is 0.440. The Balaban J connectivity index is 1.29. The molecule has 5 rings (SSSR count). The Labute approximate surface area is 173 Å². The molecule has 1 saturated heterocycles. The number of fused-ring (bicyclic) bond motifs is 1. The van der Waals surface area contributed by atoms with Crippen LogP contribution in [0.5, 0.6) is 5.88 Å². The van der Waals surface area contributed by atoms with E-state index < -0.39 is 0 Å². The fourth-order valence-corrected chi connectivity index (χ4v) is 5.04. The van der Waals surface area contributed by atoms with Crippen LogP contribution in [0.2, 0.25) is 0 Å². The lowest BCUT2D eigenvalue weighted by Crippen LogP contribution is -2.45. The molecule has 1 aliphatic carbocycles. The third-order valence-corrected chi connectivity index (χ3v) is 6.76. The average molecular weight is 390 g/mol. The van der Waals surface area contributed by atoms with Gasteiger partial charge in [-0.05, 0) is 30.5 Å².